The van der Waals surface area contributed by atoms with E-state index in [0.29, 0.717) is 11.4 Å². The Kier molecular flexibility index (Phi) is 5.63. The van der Waals surface area contributed by atoms with Gasteiger partial charge in [-0.3, -0.25) is 0 Å². The van der Waals surface area contributed by atoms with Gasteiger partial charge in [0.15, 0.2) is 17.0 Å². The normalized spacial score (nSPS) is 12.0. The highest BCUT2D eigenvalue weighted by Crippen LogP contribution is 2.43. The average Bonchev–Trinajstić information content (AvgIpc) is 3.74. The van der Waals surface area contributed by atoms with Gasteiger partial charge in [0, 0.05) is 33.0 Å². The zero-order valence-electron chi connectivity index (χ0n) is 26.8. The van der Waals surface area contributed by atoms with Gasteiger partial charge in [-0.25, -0.2) is 9.97 Å². The maximum atomic E-state index is 7.00. The SMILES string of the molecule is c1ccc(-c2nc(-c3ccccc3)c3oc4c(ccc5c6ccccc6n(-c6ccc7c8ccccc8c8ccccc8c7c6)c54)c3n2)cc1. The third-order valence-corrected chi connectivity index (χ3v) is 10.2. The van der Waals surface area contributed by atoms with Gasteiger partial charge in [-0.05, 0) is 56.6 Å². The molecule has 0 bridgehead atoms. The molecule has 232 valence electrons. The van der Waals surface area contributed by atoms with Crippen LogP contribution >= 0.6 is 0 Å². The van der Waals surface area contributed by atoms with E-state index < -0.39 is 0 Å². The van der Waals surface area contributed by atoms with Crippen LogP contribution in [0.15, 0.2) is 168 Å². The van der Waals surface area contributed by atoms with Gasteiger partial charge in [0.25, 0.3) is 0 Å². The number of hydrogen-bond donors (Lipinski definition) is 0. The monoisotopic (exact) mass is 637 g/mol. The molecular weight excluding hydrogens is 611 g/mol. The third kappa shape index (κ3) is 3.81. The van der Waals surface area contributed by atoms with Gasteiger partial charge in [-0.1, -0.05) is 140 Å². The molecule has 11 aromatic rings. The van der Waals surface area contributed by atoms with Gasteiger partial charge in [0.2, 0.25) is 0 Å². The fourth-order valence-corrected chi connectivity index (χ4v) is 7.96. The highest BCUT2D eigenvalue weighted by Gasteiger charge is 2.23. The maximum absolute atomic E-state index is 7.00. The van der Waals surface area contributed by atoms with E-state index in [1.54, 1.807) is 0 Å². The third-order valence-electron chi connectivity index (χ3n) is 10.2. The second kappa shape index (κ2) is 10.4. The number of fused-ring (bicyclic) bond motifs is 13. The fraction of sp³-hybridized carbons (Fsp3) is 0. The summed E-state index contributed by atoms with van der Waals surface area (Å²) in [6.07, 6.45) is 0. The molecule has 0 aliphatic heterocycles. The minimum Gasteiger partial charge on any atom is -0.450 e. The second-order valence-electron chi connectivity index (χ2n) is 12.9. The largest absolute Gasteiger partial charge is 0.450 e. The van der Waals surface area contributed by atoms with Gasteiger partial charge in [-0.15, -0.1) is 0 Å². The quantitative estimate of drug-likeness (QED) is 0.181. The van der Waals surface area contributed by atoms with E-state index in [1.165, 1.54) is 37.7 Å². The van der Waals surface area contributed by atoms with Crippen molar-refractivity contribution in [3.05, 3.63) is 164 Å². The van der Waals surface area contributed by atoms with E-state index in [-0.39, 0.29) is 0 Å². The molecule has 0 spiro atoms. The highest BCUT2D eigenvalue weighted by atomic mass is 16.3. The summed E-state index contributed by atoms with van der Waals surface area (Å²) in [6.45, 7) is 0. The molecule has 3 heterocycles. The summed E-state index contributed by atoms with van der Waals surface area (Å²) in [4.78, 5) is 10.3. The Bertz CT molecular complexity index is 3100. The zero-order valence-corrected chi connectivity index (χ0v) is 26.8. The van der Waals surface area contributed by atoms with Crippen LogP contribution in [0.4, 0.5) is 0 Å². The first-order chi connectivity index (χ1) is 24.8. The summed E-state index contributed by atoms with van der Waals surface area (Å²) in [5, 5.41) is 10.8. The standard InChI is InChI=1S/C46H27N3O/c1-3-13-28(14-4-1)41-45-42(48-46(47-41)29-15-5-2-6-16-29)38-26-25-37-36-21-11-12-22-40(36)49(43(37)44(38)50-45)30-23-24-35-33-19-8-7-17-31(33)32-18-9-10-20-34(32)39(35)27-30/h1-27H. The van der Waals surface area contributed by atoms with Crippen LogP contribution in [-0.2, 0) is 0 Å². The molecule has 0 amide bonds. The smallest absolute Gasteiger partial charge is 0.180 e. The van der Waals surface area contributed by atoms with Crippen molar-refractivity contribution in [1.29, 1.82) is 0 Å². The summed E-state index contributed by atoms with van der Waals surface area (Å²) in [5.41, 5.74) is 8.25. The van der Waals surface area contributed by atoms with E-state index in [4.69, 9.17) is 14.4 Å². The van der Waals surface area contributed by atoms with Crippen molar-refractivity contribution in [3.63, 3.8) is 0 Å². The molecule has 50 heavy (non-hydrogen) atoms. The first-order valence-corrected chi connectivity index (χ1v) is 16.9. The lowest BCUT2D eigenvalue weighted by Crippen LogP contribution is -1.95. The fourth-order valence-electron chi connectivity index (χ4n) is 7.96. The van der Waals surface area contributed by atoms with Gasteiger partial charge in [0.1, 0.15) is 11.2 Å². The molecule has 0 fully saturated rings. The van der Waals surface area contributed by atoms with Crippen molar-refractivity contribution in [3.8, 4) is 28.3 Å². The molecule has 0 aliphatic rings. The van der Waals surface area contributed by atoms with Gasteiger partial charge < -0.3 is 8.98 Å². The van der Waals surface area contributed by atoms with Crippen molar-refractivity contribution in [1.82, 2.24) is 14.5 Å². The summed E-state index contributed by atoms with van der Waals surface area (Å²) in [5.74, 6) is 0.675. The Morgan fingerprint density at radius 3 is 1.64 bits per heavy atom. The van der Waals surface area contributed by atoms with Crippen LogP contribution in [0, 0.1) is 0 Å². The molecule has 0 saturated carbocycles. The van der Waals surface area contributed by atoms with Crippen LogP contribution in [0.1, 0.15) is 0 Å². The molecule has 0 N–H and O–H groups in total. The van der Waals surface area contributed by atoms with Crippen molar-refractivity contribution in [2.45, 2.75) is 0 Å². The topological polar surface area (TPSA) is 43.9 Å². The van der Waals surface area contributed by atoms with E-state index in [0.717, 1.165) is 55.4 Å². The van der Waals surface area contributed by atoms with Crippen LogP contribution in [0.5, 0.6) is 0 Å². The molecule has 3 aromatic heterocycles. The van der Waals surface area contributed by atoms with Gasteiger partial charge >= 0.3 is 0 Å². The number of hydrogen-bond acceptors (Lipinski definition) is 3. The lowest BCUT2D eigenvalue weighted by Gasteiger charge is -2.13. The van der Waals surface area contributed by atoms with Crippen molar-refractivity contribution in [2.24, 2.45) is 0 Å². The molecule has 0 unspecified atom stereocenters. The Balaban J connectivity index is 1.27. The average molecular weight is 638 g/mol. The van der Waals surface area contributed by atoms with Crippen LogP contribution in [0.3, 0.4) is 0 Å². The second-order valence-corrected chi connectivity index (χ2v) is 12.9. The molecule has 4 nitrogen and oxygen atoms in total. The Hall–Kier alpha value is -6.78. The number of nitrogens with zero attached hydrogens (tertiary/aromatic N) is 3. The van der Waals surface area contributed by atoms with E-state index in [2.05, 4.69) is 132 Å². The predicted molar refractivity (Wildman–Crippen MR) is 207 cm³/mol. The number of furan rings is 1. The molecule has 8 aromatic carbocycles. The van der Waals surface area contributed by atoms with Gasteiger partial charge in [0.05, 0.1) is 11.0 Å². The molecule has 11 rings (SSSR count). The van der Waals surface area contributed by atoms with Crippen molar-refractivity contribution >= 4 is 76.2 Å². The minimum atomic E-state index is 0.675. The zero-order chi connectivity index (χ0) is 32.8. The van der Waals surface area contributed by atoms with Gasteiger partial charge in [-0.2, -0.15) is 0 Å². The summed E-state index contributed by atoms with van der Waals surface area (Å²) >= 11 is 0. The molecule has 4 heteroatoms. The maximum Gasteiger partial charge on any atom is 0.180 e. The summed E-state index contributed by atoms with van der Waals surface area (Å²) in [6, 6.07) is 57.8. The van der Waals surface area contributed by atoms with Crippen LogP contribution in [0.2, 0.25) is 0 Å². The molecule has 0 aliphatic carbocycles. The number of aromatic nitrogens is 3. The lowest BCUT2D eigenvalue weighted by atomic mass is 9.94. The van der Waals surface area contributed by atoms with Crippen molar-refractivity contribution < 1.29 is 4.42 Å². The summed E-state index contributed by atoms with van der Waals surface area (Å²) < 4.78 is 9.37. The molecule has 0 atom stereocenters. The van der Waals surface area contributed by atoms with E-state index in [9.17, 15) is 0 Å². The Labute approximate surface area is 286 Å². The number of para-hydroxylation sites is 1. The number of benzene rings is 8. The van der Waals surface area contributed by atoms with Crippen molar-refractivity contribution in [2.75, 3.05) is 0 Å². The Morgan fingerprint density at radius 1 is 0.400 bits per heavy atom. The lowest BCUT2D eigenvalue weighted by molar-refractivity contribution is 0.669. The number of rotatable bonds is 3. The molecule has 0 radical (unpaired) electrons. The van der Waals surface area contributed by atoms with Crippen LogP contribution in [-0.4, -0.2) is 14.5 Å². The molecule has 0 saturated heterocycles. The summed E-state index contributed by atoms with van der Waals surface area (Å²) in [7, 11) is 0. The molecular formula is C46H27N3O. The van der Waals surface area contributed by atoms with E-state index >= 15 is 0 Å². The highest BCUT2D eigenvalue weighted by molar-refractivity contribution is 6.26. The van der Waals surface area contributed by atoms with Crippen LogP contribution in [0.25, 0.3) is 105 Å². The Morgan fingerprint density at radius 2 is 0.940 bits per heavy atom. The first-order valence-electron chi connectivity index (χ1n) is 16.9. The van der Waals surface area contributed by atoms with E-state index in [1.807, 2.05) is 36.4 Å². The van der Waals surface area contributed by atoms with Crippen LogP contribution < -0.4 is 0 Å². The predicted octanol–water partition coefficient (Wildman–Crippen LogP) is 12.3. The minimum absolute atomic E-state index is 0.675. The first kappa shape index (κ1) is 27.2.